The van der Waals surface area contributed by atoms with E-state index in [2.05, 4.69) is 38.1 Å². The summed E-state index contributed by atoms with van der Waals surface area (Å²) in [4.78, 5) is 0. The molecule has 0 aliphatic carbocycles. The van der Waals surface area contributed by atoms with Crippen molar-refractivity contribution in [1.29, 1.82) is 0 Å². The maximum Gasteiger partial charge on any atom is 0.183 e. The van der Waals surface area contributed by atoms with E-state index in [0.717, 1.165) is 18.8 Å². The smallest absolute Gasteiger partial charge is 0.183 e. The third kappa shape index (κ3) is 4.54. The number of ether oxygens (including phenoxy) is 4. The normalized spacial score (nSPS) is 31.9. The van der Waals surface area contributed by atoms with Gasteiger partial charge in [0.1, 0.15) is 0 Å². The van der Waals surface area contributed by atoms with Crippen molar-refractivity contribution in [1.82, 2.24) is 0 Å². The van der Waals surface area contributed by atoms with Crippen molar-refractivity contribution >= 4 is 0 Å². The van der Waals surface area contributed by atoms with Gasteiger partial charge in [-0.05, 0) is 13.3 Å². The second kappa shape index (κ2) is 8.25. The number of rotatable bonds is 5. The number of hydrogen-bond donors (Lipinski definition) is 0. The summed E-state index contributed by atoms with van der Waals surface area (Å²) in [6.45, 7) is 7.11. The average molecular weight is 320 g/mol. The highest BCUT2D eigenvalue weighted by Crippen LogP contribution is 2.29. The molecule has 0 N–H and O–H groups in total. The van der Waals surface area contributed by atoms with Gasteiger partial charge in [0.2, 0.25) is 0 Å². The lowest BCUT2D eigenvalue weighted by atomic mass is 10.0. The molecule has 2 aliphatic heterocycles. The van der Waals surface area contributed by atoms with Crippen LogP contribution in [0.1, 0.15) is 43.6 Å². The standard InChI is InChI=1S/C19H28O4/c1-3-4-5-15-10-20-19(21-11-15)17-12-22-18(23-13-17)16-8-6-14(2)7-9-16/h6-9,15,17-19H,3-5,10-13H2,1-2H3. The van der Waals surface area contributed by atoms with Gasteiger partial charge >= 0.3 is 0 Å². The topological polar surface area (TPSA) is 36.9 Å². The fourth-order valence-electron chi connectivity index (χ4n) is 3.08. The van der Waals surface area contributed by atoms with E-state index in [-0.39, 0.29) is 18.5 Å². The SMILES string of the molecule is CCCCC1COC(C2COC(c3ccc(C)cc3)OC2)OC1. The molecule has 2 fully saturated rings. The monoisotopic (exact) mass is 320 g/mol. The molecule has 0 saturated carbocycles. The molecule has 2 heterocycles. The van der Waals surface area contributed by atoms with Crippen LogP contribution in [0, 0.1) is 18.8 Å². The second-order valence-corrected chi connectivity index (χ2v) is 6.71. The van der Waals surface area contributed by atoms with E-state index in [1.807, 2.05) is 0 Å². The van der Waals surface area contributed by atoms with Gasteiger partial charge in [0.25, 0.3) is 0 Å². The lowest BCUT2D eigenvalue weighted by Crippen LogP contribution is -2.43. The van der Waals surface area contributed by atoms with Crippen LogP contribution in [-0.4, -0.2) is 32.7 Å². The van der Waals surface area contributed by atoms with Crippen LogP contribution in [0.15, 0.2) is 24.3 Å². The second-order valence-electron chi connectivity index (χ2n) is 6.71. The highest BCUT2D eigenvalue weighted by atomic mass is 16.7. The molecule has 4 heteroatoms. The molecule has 1 aromatic carbocycles. The Balaban J connectivity index is 1.43. The maximum atomic E-state index is 5.90. The Labute approximate surface area is 139 Å². The predicted octanol–water partition coefficient (Wildman–Crippen LogP) is 3.84. The van der Waals surface area contributed by atoms with Gasteiger partial charge in [0.05, 0.1) is 32.3 Å². The Bertz CT molecular complexity index is 457. The molecule has 0 atom stereocenters. The summed E-state index contributed by atoms with van der Waals surface area (Å²) in [5.74, 6) is 0.695. The molecule has 1 aromatic rings. The lowest BCUT2D eigenvalue weighted by molar-refractivity contribution is -0.283. The summed E-state index contributed by atoms with van der Waals surface area (Å²) in [5, 5.41) is 0. The first kappa shape index (κ1) is 16.9. The summed E-state index contributed by atoms with van der Waals surface area (Å²) < 4.78 is 23.6. The molecule has 2 saturated heterocycles. The molecule has 0 spiro atoms. The largest absolute Gasteiger partial charge is 0.352 e. The van der Waals surface area contributed by atoms with Crippen LogP contribution in [0.25, 0.3) is 0 Å². The van der Waals surface area contributed by atoms with E-state index in [9.17, 15) is 0 Å². The van der Waals surface area contributed by atoms with E-state index >= 15 is 0 Å². The summed E-state index contributed by atoms with van der Waals surface area (Å²) in [7, 11) is 0. The van der Waals surface area contributed by atoms with Crippen molar-refractivity contribution in [3.05, 3.63) is 35.4 Å². The molecular formula is C19H28O4. The first-order valence-electron chi connectivity index (χ1n) is 8.79. The average Bonchev–Trinajstić information content (AvgIpc) is 2.61. The van der Waals surface area contributed by atoms with Gasteiger partial charge < -0.3 is 18.9 Å². The van der Waals surface area contributed by atoms with Gasteiger partial charge in [-0.25, -0.2) is 0 Å². The minimum atomic E-state index is -0.271. The predicted molar refractivity (Wildman–Crippen MR) is 88.0 cm³/mol. The van der Waals surface area contributed by atoms with Crippen molar-refractivity contribution in [2.24, 2.45) is 11.8 Å². The van der Waals surface area contributed by atoms with Gasteiger partial charge in [-0.3, -0.25) is 0 Å². The van der Waals surface area contributed by atoms with E-state index < -0.39 is 0 Å². The summed E-state index contributed by atoms with van der Waals surface area (Å²) in [6, 6.07) is 8.29. The molecule has 4 nitrogen and oxygen atoms in total. The van der Waals surface area contributed by atoms with Crippen molar-refractivity contribution in [3.8, 4) is 0 Å². The van der Waals surface area contributed by atoms with Gasteiger partial charge in [-0.15, -0.1) is 0 Å². The van der Waals surface area contributed by atoms with Crippen LogP contribution in [0.4, 0.5) is 0 Å². The van der Waals surface area contributed by atoms with E-state index in [4.69, 9.17) is 18.9 Å². The van der Waals surface area contributed by atoms with Crippen molar-refractivity contribution < 1.29 is 18.9 Å². The Morgan fingerprint density at radius 1 is 0.913 bits per heavy atom. The summed E-state index contributed by atoms with van der Waals surface area (Å²) >= 11 is 0. The molecule has 0 radical (unpaired) electrons. The molecule has 0 bridgehead atoms. The van der Waals surface area contributed by atoms with Gasteiger partial charge in [-0.1, -0.05) is 49.6 Å². The minimum Gasteiger partial charge on any atom is -0.352 e. The number of unbranched alkanes of at least 4 members (excludes halogenated alkanes) is 1. The van der Waals surface area contributed by atoms with Crippen LogP contribution in [0.2, 0.25) is 0 Å². The van der Waals surface area contributed by atoms with Crippen LogP contribution in [0.5, 0.6) is 0 Å². The first-order chi connectivity index (χ1) is 11.3. The lowest BCUT2D eigenvalue weighted by Gasteiger charge is -2.37. The highest BCUT2D eigenvalue weighted by Gasteiger charge is 2.33. The number of benzene rings is 1. The van der Waals surface area contributed by atoms with Crippen LogP contribution in [0.3, 0.4) is 0 Å². The van der Waals surface area contributed by atoms with E-state index in [1.54, 1.807) is 0 Å². The molecule has 0 aromatic heterocycles. The first-order valence-corrected chi connectivity index (χ1v) is 8.79. The molecule has 128 valence electrons. The third-order valence-electron chi connectivity index (χ3n) is 4.62. The molecule has 0 unspecified atom stereocenters. The summed E-state index contributed by atoms with van der Waals surface area (Å²) in [6.07, 6.45) is 3.20. The van der Waals surface area contributed by atoms with Crippen LogP contribution < -0.4 is 0 Å². The molecule has 23 heavy (non-hydrogen) atoms. The highest BCUT2D eigenvalue weighted by molar-refractivity contribution is 5.22. The quantitative estimate of drug-likeness (QED) is 0.826. The fraction of sp³-hybridized carbons (Fsp3) is 0.684. The molecule has 0 amide bonds. The van der Waals surface area contributed by atoms with Crippen LogP contribution >= 0.6 is 0 Å². The zero-order valence-electron chi connectivity index (χ0n) is 14.2. The molecule has 3 rings (SSSR count). The maximum absolute atomic E-state index is 5.90. The Morgan fingerprint density at radius 2 is 1.57 bits per heavy atom. The van der Waals surface area contributed by atoms with Gasteiger partial charge in [-0.2, -0.15) is 0 Å². The van der Waals surface area contributed by atoms with Crippen molar-refractivity contribution in [2.45, 2.75) is 45.7 Å². The van der Waals surface area contributed by atoms with Gasteiger partial charge in [0, 0.05) is 11.5 Å². The fourth-order valence-corrected chi connectivity index (χ4v) is 3.08. The number of aryl methyl sites for hydroxylation is 1. The summed E-state index contributed by atoms with van der Waals surface area (Å²) in [5.41, 5.74) is 2.31. The van der Waals surface area contributed by atoms with Gasteiger partial charge in [0.15, 0.2) is 12.6 Å². The number of hydrogen-bond acceptors (Lipinski definition) is 4. The van der Waals surface area contributed by atoms with E-state index in [1.165, 1.54) is 24.8 Å². The Hall–Kier alpha value is -0.940. The van der Waals surface area contributed by atoms with Crippen molar-refractivity contribution in [2.75, 3.05) is 26.4 Å². The van der Waals surface area contributed by atoms with Crippen molar-refractivity contribution in [3.63, 3.8) is 0 Å². The zero-order valence-corrected chi connectivity index (χ0v) is 14.2. The molecule has 2 aliphatic rings. The van der Waals surface area contributed by atoms with E-state index in [0.29, 0.717) is 19.1 Å². The molecular weight excluding hydrogens is 292 g/mol. The van der Waals surface area contributed by atoms with Crippen LogP contribution in [-0.2, 0) is 18.9 Å². The zero-order chi connectivity index (χ0) is 16.1. The Kier molecular flexibility index (Phi) is 6.06. The minimum absolute atomic E-state index is 0.156. The Morgan fingerprint density at radius 3 is 2.17 bits per heavy atom. The third-order valence-corrected chi connectivity index (χ3v) is 4.62.